The fraction of sp³-hybridized carbons (Fsp3) is 0.753. The lowest BCUT2D eigenvalue weighted by atomic mass is 9.95. The number of carboxylic acid groups (broad SMARTS) is 3. The molecule has 0 bridgehead atoms. The van der Waals surface area contributed by atoms with Gasteiger partial charge in [0.25, 0.3) is 0 Å². The number of hydrogen-bond donors (Lipinski definition) is 25. The van der Waals surface area contributed by atoms with Crippen LogP contribution in [0.4, 0.5) is 0 Å². The molecule has 1 aliphatic rings. The quantitative estimate of drug-likeness (QED) is 0.0153. The molecule has 1 aliphatic heterocycles. The second-order valence-electron chi connectivity index (χ2n) is 31.3. The van der Waals surface area contributed by atoms with Crippen molar-refractivity contribution in [2.45, 2.75) is 301 Å². The van der Waals surface area contributed by atoms with E-state index < -0.39 is 248 Å². The normalized spacial score (nSPS) is 16.1. The second kappa shape index (κ2) is 59.3. The van der Waals surface area contributed by atoms with Crippen molar-refractivity contribution in [2.24, 2.45) is 68.8 Å². The van der Waals surface area contributed by atoms with Gasteiger partial charge in [0.2, 0.25) is 88.6 Å². The van der Waals surface area contributed by atoms with Crippen molar-refractivity contribution in [3.8, 4) is 0 Å². The molecule has 1 heterocycles. The van der Waals surface area contributed by atoms with Crippen molar-refractivity contribution in [3.63, 3.8) is 0 Å². The standard InChI is InChI=1S/C77H139N23O21/c1-10-43(7)61(99-70(114)51(27-21-37-86-77(83)84)90-64(108)46-26-20-36-85-46)74(118)94-49(24-14-18-34-80)66(110)93-50(25-15-19-35-81)69(113)100-62(44(8)11-2)75(119)98-60(42(5)6)73(117)95-52(28-30-56(82)101)68(112)92-47(22-12-16-32-78)65(109)91-48(23-13-17-33-79)67(111)97-54(38-41(3)4)71(115)88-45(9)63(107)87-40-57(102)89-55(39-59(105)106)72(116)96-53(76(120)121)29-31-58(103)104/h41-55,60-62,85H,10-40,78-81H2,1-9H3,(H2,82,101)(H,87,107)(H,88,115)(H,89,102)(H,90,108)(H,91,109)(H,92,112)(H,93,110)(H,94,118)(H,95,117)(H,96,116)(H,97,111)(H,98,119)(H,99,114)(H,100,113)(H,103,104)(H,105,106)(H,120,121)(H4,83,84,86)/t43-,44-,45-,46-,47-,48-,49-,50-,51-,52-,53-,54-,55-,60-,61-,62-/m0/s1. The Labute approximate surface area is 706 Å². The molecular weight excluding hydrogens is 1580 g/mol. The van der Waals surface area contributed by atoms with Crippen LogP contribution < -0.4 is 120 Å². The number of nitrogens with one attached hydrogen (secondary N) is 15. The number of carbonyl (C=O) groups is 18. The van der Waals surface area contributed by atoms with E-state index >= 15 is 0 Å². The Morgan fingerprint density at radius 3 is 1.16 bits per heavy atom. The van der Waals surface area contributed by atoms with Crippen LogP contribution in [-0.4, -0.2) is 258 Å². The van der Waals surface area contributed by atoms with Gasteiger partial charge in [0.1, 0.15) is 78.5 Å². The van der Waals surface area contributed by atoms with Crippen LogP contribution >= 0.6 is 0 Å². The van der Waals surface area contributed by atoms with Crippen LogP contribution in [0, 0.1) is 23.7 Å². The highest BCUT2D eigenvalue weighted by molar-refractivity contribution is 6.01. The highest BCUT2D eigenvalue weighted by Gasteiger charge is 2.40. The third kappa shape index (κ3) is 43.6. The van der Waals surface area contributed by atoms with E-state index in [1.54, 1.807) is 55.4 Å². The summed E-state index contributed by atoms with van der Waals surface area (Å²) >= 11 is 0. The minimum absolute atomic E-state index is 0.00109. The number of aliphatic imine (C=N–C) groups is 1. The molecule has 15 amide bonds. The minimum Gasteiger partial charge on any atom is -0.481 e. The molecule has 44 nitrogen and oxygen atoms in total. The summed E-state index contributed by atoms with van der Waals surface area (Å²) in [5.41, 5.74) is 40.0. The first-order chi connectivity index (χ1) is 57.1. The number of rotatable bonds is 64. The molecule has 0 saturated carbocycles. The predicted molar refractivity (Wildman–Crippen MR) is 445 cm³/mol. The first kappa shape index (κ1) is 109. The maximum Gasteiger partial charge on any atom is 0.326 e. The van der Waals surface area contributed by atoms with Gasteiger partial charge >= 0.3 is 17.9 Å². The van der Waals surface area contributed by atoms with Gasteiger partial charge in [0.05, 0.1) is 19.0 Å². The van der Waals surface area contributed by atoms with Crippen molar-refractivity contribution in [2.75, 3.05) is 45.8 Å². The Kier molecular flexibility index (Phi) is 53.2. The lowest BCUT2D eigenvalue weighted by Crippen LogP contribution is -2.62. The summed E-state index contributed by atoms with van der Waals surface area (Å²) in [4.78, 5) is 248. The van der Waals surface area contributed by atoms with Crippen molar-refractivity contribution in [3.05, 3.63) is 0 Å². The molecule has 0 unspecified atom stereocenters. The van der Waals surface area contributed by atoms with Gasteiger partial charge < -0.3 is 135 Å². The maximum atomic E-state index is 14.8. The molecule has 0 aromatic carbocycles. The number of nitrogens with zero attached hydrogens (tertiary/aromatic N) is 1. The van der Waals surface area contributed by atoms with Gasteiger partial charge in [-0.25, -0.2) is 4.79 Å². The fourth-order valence-corrected chi connectivity index (χ4v) is 12.7. The van der Waals surface area contributed by atoms with Crippen molar-refractivity contribution >= 4 is 112 Å². The Morgan fingerprint density at radius 1 is 0.397 bits per heavy atom. The summed E-state index contributed by atoms with van der Waals surface area (Å²) in [5.74, 6) is -20.2. The van der Waals surface area contributed by atoms with E-state index in [0.29, 0.717) is 57.9 Å². The molecule has 121 heavy (non-hydrogen) atoms. The number of hydrogen-bond acceptors (Lipinski definition) is 24. The maximum absolute atomic E-state index is 14.8. The Bertz CT molecular complexity index is 3420. The summed E-state index contributed by atoms with van der Waals surface area (Å²) in [5, 5.41) is 66.9. The van der Waals surface area contributed by atoms with E-state index in [0.717, 1.165) is 6.42 Å². The third-order valence-corrected chi connectivity index (χ3v) is 20.2. The van der Waals surface area contributed by atoms with E-state index in [9.17, 15) is 96.5 Å². The molecule has 44 heteroatoms. The highest BCUT2D eigenvalue weighted by Crippen LogP contribution is 2.18. The Balaban J connectivity index is 3.63. The van der Waals surface area contributed by atoms with Crippen LogP contribution in [-0.2, 0) is 86.3 Å². The number of carboxylic acids is 3. The average Bonchev–Trinajstić information content (AvgIpc) is 1.27. The van der Waals surface area contributed by atoms with Crippen LogP contribution in [0.2, 0.25) is 0 Å². The van der Waals surface area contributed by atoms with E-state index in [2.05, 4.69) is 79.4 Å². The molecule has 0 radical (unpaired) electrons. The van der Waals surface area contributed by atoms with Crippen molar-refractivity contribution < 1.29 is 102 Å². The van der Waals surface area contributed by atoms with E-state index in [4.69, 9.17) is 45.2 Å². The molecule has 0 spiro atoms. The predicted octanol–water partition coefficient (Wildman–Crippen LogP) is -5.77. The lowest BCUT2D eigenvalue weighted by Gasteiger charge is -2.31. The van der Waals surface area contributed by atoms with Gasteiger partial charge in [-0.15, -0.1) is 0 Å². The zero-order valence-electron chi connectivity index (χ0n) is 71.5. The molecule has 1 fully saturated rings. The smallest absolute Gasteiger partial charge is 0.326 e. The van der Waals surface area contributed by atoms with Crippen LogP contribution in [0.25, 0.3) is 0 Å². The van der Waals surface area contributed by atoms with Gasteiger partial charge in [0.15, 0.2) is 5.96 Å². The van der Waals surface area contributed by atoms with Crippen molar-refractivity contribution in [1.29, 1.82) is 0 Å². The summed E-state index contributed by atoms with van der Waals surface area (Å²) in [7, 11) is 0. The monoisotopic (exact) mass is 1720 g/mol. The number of aliphatic carboxylic acids is 3. The van der Waals surface area contributed by atoms with Crippen LogP contribution in [0.1, 0.15) is 216 Å². The van der Waals surface area contributed by atoms with E-state index in [1.807, 2.05) is 5.32 Å². The number of nitrogens with two attached hydrogens (primary N) is 7. The molecule has 0 aliphatic carbocycles. The third-order valence-electron chi connectivity index (χ3n) is 20.2. The second-order valence-corrected chi connectivity index (χ2v) is 31.3. The fourth-order valence-electron chi connectivity index (χ4n) is 12.7. The summed E-state index contributed by atoms with van der Waals surface area (Å²) < 4.78 is 0. The zero-order valence-corrected chi connectivity index (χ0v) is 71.5. The van der Waals surface area contributed by atoms with Crippen molar-refractivity contribution in [1.82, 2.24) is 79.8 Å². The Hall–Kier alpha value is -10.5. The first-order valence-electron chi connectivity index (χ1n) is 41.9. The number of amides is 15. The molecule has 0 aromatic heterocycles. The SMILES string of the molecule is CC[C@H](C)[C@H](NC(=O)[C@H](CCCN=C(N)N)NC(=O)[C@@H]1CCCN1)C(=O)N[C@@H](CCCCN)C(=O)N[C@@H](CCCCN)C(=O)N[C@H](C(=O)N[C@H](C(=O)N[C@@H](CCC(N)=O)C(=O)N[C@@H](CCCCN)C(=O)N[C@@H](CCCCN)C(=O)N[C@@H](CC(C)C)C(=O)N[C@@H](C)C(=O)NCC(=O)N[C@@H](CC(=O)O)C(=O)N[C@@H](CCC(=O)O)C(=O)O)C(C)C)[C@@H](C)CC. The molecule has 0 aromatic rings. The summed E-state index contributed by atoms with van der Waals surface area (Å²) in [6.07, 6.45) is 1.61. The number of unbranched alkanes of at least 4 members (excludes halogenated alkanes) is 4. The molecule has 32 N–H and O–H groups in total. The highest BCUT2D eigenvalue weighted by atomic mass is 16.4. The van der Waals surface area contributed by atoms with Crippen LogP contribution in [0.5, 0.6) is 0 Å². The molecule has 16 atom stereocenters. The van der Waals surface area contributed by atoms with E-state index in [-0.39, 0.29) is 109 Å². The zero-order chi connectivity index (χ0) is 91.6. The molecule has 1 saturated heterocycles. The summed E-state index contributed by atoms with van der Waals surface area (Å²) in [6.45, 7) is 15.4. The van der Waals surface area contributed by atoms with Gasteiger partial charge in [-0.05, 0) is 185 Å². The lowest BCUT2D eigenvalue weighted by molar-refractivity contribution is -0.144. The number of carbonyl (C=O) groups excluding carboxylic acids is 15. The molecular formula is C77H139N23O21. The molecule has 1 rings (SSSR count). The van der Waals surface area contributed by atoms with Gasteiger partial charge in [-0.1, -0.05) is 68.2 Å². The van der Waals surface area contributed by atoms with Gasteiger partial charge in [-0.2, -0.15) is 0 Å². The van der Waals surface area contributed by atoms with Gasteiger partial charge in [0, 0.05) is 19.4 Å². The molecule has 688 valence electrons. The van der Waals surface area contributed by atoms with Crippen LogP contribution in [0.3, 0.4) is 0 Å². The topological polar surface area (TPSA) is 743 Å². The largest absolute Gasteiger partial charge is 0.481 e. The van der Waals surface area contributed by atoms with Crippen LogP contribution in [0.15, 0.2) is 4.99 Å². The summed E-state index contributed by atoms with van der Waals surface area (Å²) in [6, 6.07) is -19.4. The number of primary amides is 1. The minimum atomic E-state index is -1.89. The first-order valence-corrected chi connectivity index (χ1v) is 41.9. The average molecular weight is 1720 g/mol. The Morgan fingerprint density at radius 2 is 0.769 bits per heavy atom. The van der Waals surface area contributed by atoms with Gasteiger partial charge in [-0.3, -0.25) is 86.5 Å². The number of guanidine groups is 1. The van der Waals surface area contributed by atoms with E-state index in [1.165, 1.54) is 6.92 Å².